The van der Waals surface area contributed by atoms with Crippen molar-refractivity contribution < 1.29 is 9.53 Å². The molecule has 0 saturated heterocycles. The van der Waals surface area contributed by atoms with E-state index in [1.165, 1.54) is 0 Å². The maximum atomic E-state index is 12.6. The zero-order valence-corrected chi connectivity index (χ0v) is 16.4. The minimum Gasteiger partial charge on any atom is -0.460 e. The Morgan fingerprint density at radius 3 is 2.67 bits per heavy atom. The van der Waals surface area contributed by atoms with Crippen LogP contribution in [0.4, 0.5) is 0 Å². The van der Waals surface area contributed by atoms with Crippen molar-refractivity contribution in [2.75, 3.05) is 0 Å². The number of hydrogen-bond acceptors (Lipinski definition) is 4. The molecule has 1 aromatic carbocycles. The first kappa shape index (κ1) is 18.7. The Morgan fingerprint density at radius 2 is 2.07 bits per heavy atom. The van der Waals surface area contributed by atoms with E-state index in [1.54, 1.807) is 12.4 Å². The first-order valence-corrected chi connectivity index (χ1v) is 8.90. The summed E-state index contributed by atoms with van der Waals surface area (Å²) in [5, 5.41) is 10.2. The molecule has 0 saturated carbocycles. The summed E-state index contributed by atoms with van der Waals surface area (Å²) < 4.78 is 9.49. The predicted octanol–water partition coefficient (Wildman–Crippen LogP) is 3.74. The van der Waals surface area contributed by atoms with Gasteiger partial charge in [0.15, 0.2) is 0 Å². The normalized spacial score (nSPS) is 12.7. The van der Waals surface area contributed by atoms with Gasteiger partial charge in [-0.25, -0.2) is 4.98 Å². The van der Waals surface area contributed by atoms with Gasteiger partial charge >= 0.3 is 5.97 Å². The summed E-state index contributed by atoms with van der Waals surface area (Å²) in [6, 6.07) is 7.71. The van der Waals surface area contributed by atoms with E-state index in [2.05, 4.69) is 11.1 Å². The summed E-state index contributed by atoms with van der Waals surface area (Å²) in [4.78, 5) is 17.0. The summed E-state index contributed by atoms with van der Waals surface area (Å²) in [6.07, 6.45) is 5.68. The van der Waals surface area contributed by atoms with E-state index in [-0.39, 0.29) is 5.97 Å². The number of aromatic nitrogens is 3. The minimum atomic E-state index is -0.536. The lowest BCUT2D eigenvalue weighted by molar-refractivity contribution is -0.156. The molecule has 0 aliphatic carbocycles. The monoisotopic (exact) mass is 364 g/mol. The lowest BCUT2D eigenvalue weighted by atomic mass is 9.99. The van der Waals surface area contributed by atoms with E-state index in [1.807, 2.05) is 68.4 Å². The lowest BCUT2D eigenvalue weighted by Crippen LogP contribution is -2.26. The minimum absolute atomic E-state index is 0.260. The molecule has 2 heterocycles. The molecule has 1 atom stereocenters. The highest BCUT2D eigenvalue weighted by Crippen LogP contribution is 2.31. The van der Waals surface area contributed by atoms with Gasteiger partial charge in [0.05, 0.1) is 36.1 Å². The summed E-state index contributed by atoms with van der Waals surface area (Å²) in [7, 11) is 1.92. The molecule has 140 valence electrons. The maximum Gasteiger partial charge on any atom is 0.313 e. The number of nitriles is 1. The van der Waals surface area contributed by atoms with Gasteiger partial charge in [-0.3, -0.25) is 4.79 Å². The van der Waals surface area contributed by atoms with Gasteiger partial charge in [0.25, 0.3) is 0 Å². The van der Waals surface area contributed by atoms with Gasteiger partial charge in [-0.1, -0.05) is 6.07 Å². The molecule has 0 radical (unpaired) electrons. The third-order valence-electron chi connectivity index (χ3n) is 4.36. The molecular formula is C21H24N4O2. The molecule has 2 aromatic heterocycles. The second-order valence-electron chi connectivity index (χ2n) is 7.84. The zero-order valence-electron chi connectivity index (χ0n) is 16.4. The van der Waals surface area contributed by atoms with Crippen molar-refractivity contribution in [3.8, 4) is 6.07 Å². The molecule has 3 rings (SSSR count). The fraction of sp³-hybridized carbons (Fsp3) is 0.381. The Balaban J connectivity index is 2.05. The number of carbonyl (C=O) groups excluding carboxylic acids is 1. The van der Waals surface area contributed by atoms with Gasteiger partial charge in [-0.05, 0) is 45.4 Å². The molecule has 0 bridgehead atoms. The van der Waals surface area contributed by atoms with Gasteiger partial charge in [0.2, 0.25) is 0 Å². The average Bonchev–Trinajstić information content (AvgIpc) is 3.16. The van der Waals surface area contributed by atoms with Gasteiger partial charge < -0.3 is 13.9 Å². The van der Waals surface area contributed by atoms with Crippen molar-refractivity contribution in [2.45, 2.75) is 45.8 Å². The van der Waals surface area contributed by atoms with Crippen molar-refractivity contribution in [1.29, 1.82) is 5.26 Å². The van der Waals surface area contributed by atoms with Crippen LogP contribution in [0.1, 0.15) is 50.4 Å². The molecule has 3 aromatic rings. The van der Waals surface area contributed by atoms with Crippen LogP contribution in [0.5, 0.6) is 0 Å². The fourth-order valence-corrected chi connectivity index (χ4v) is 3.11. The molecule has 27 heavy (non-hydrogen) atoms. The first-order valence-electron chi connectivity index (χ1n) is 8.90. The van der Waals surface area contributed by atoms with Crippen LogP contribution in [0.2, 0.25) is 0 Å². The molecule has 6 nitrogen and oxygen atoms in total. The number of fused-ring (bicyclic) bond motifs is 1. The third-order valence-corrected chi connectivity index (χ3v) is 4.36. The molecule has 0 aliphatic rings. The smallest absolute Gasteiger partial charge is 0.313 e. The highest BCUT2D eigenvalue weighted by atomic mass is 16.6. The van der Waals surface area contributed by atoms with Gasteiger partial charge in [0, 0.05) is 30.3 Å². The highest BCUT2D eigenvalue weighted by Gasteiger charge is 2.26. The van der Waals surface area contributed by atoms with E-state index < -0.39 is 11.5 Å². The molecule has 0 spiro atoms. The van der Waals surface area contributed by atoms with Crippen LogP contribution in [0.25, 0.3) is 10.9 Å². The maximum absolute atomic E-state index is 12.6. The van der Waals surface area contributed by atoms with Crippen LogP contribution in [0.15, 0.2) is 36.9 Å². The van der Waals surface area contributed by atoms with Crippen LogP contribution in [0.3, 0.4) is 0 Å². The summed E-state index contributed by atoms with van der Waals surface area (Å²) in [5.74, 6) is -0.673. The largest absolute Gasteiger partial charge is 0.460 e. The van der Waals surface area contributed by atoms with Crippen LogP contribution >= 0.6 is 0 Å². The number of ether oxygens (including phenoxy) is 1. The van der Waals surface area contributed by atoms with Crippen molar-refractivity contribution in [3.05, 3.63) is 53.7 Å². The molecule has 0 amide bonds. The quantitative estimate of drug-likeness (QED) is 0.661. The van der Waals surface area contributed by atoms with E-state index in [0.717, 1.165) is 22.2 Å². The second-order valence-corrected chi connectivity index (χ2v) is 7.84. The molecule has 0 fully saturated rings. The number of nitrogens with zero attached hydrogens (tertiary/aromatic N) is 4. The molecule has 0 aliphatic heterocycles. The Kier molecular flexibility index (Phi) is 4.79. The highest BCUT2D eigenvalue weighted by molar-refractivity contribution is 5.91. The first-order chi connectivity index (χ1) is 12.7. The van der Waals surface area contributed by atoms with Gasteiger partial charge in [0.1, 0.15) is 5.60 Å². The average molecular weight is 364 g/mol. The van der Waals surface area contributed by atoms with Crippen molar-refractivity contribution in [3.63, 3.8) is 0 Å². The van der Waals surface area contributed by atoms with E-state index in [0.29, 0.717) is 12.1 Å². The molecular weight excluding hydrogens is 340 g/mol. The number of imidazole rings is 1. The Labute approximate surface area is 159 Å². The van der Waals surface area contributed by atoms with Crippen molar-refractivity contribution in [2.24, 2.45) is 7.05 Å². The van der Waals surface area contributed by atoms with Crippen molar-refractivity contribution in [1.82, 2.24) is 14.1 Å². The zero-order chi connectivity index (χ0) is 19.8. The Morgan fingerprint density at radius 1 is 1.33 bits per heavy atom. The topological polar surface area (TPSA) is 72.8 Å². The third kappa shape index (κ3) is 4.03. The Bertz CT molecular complexity index is 1030. The van der Waals surface area contributed by atoms with E-state index in [9.17, 15) is 10.1 Å². The number of carbonyl (C=O) groups is 1. The number of hydrogen-bond donors (Lipinski definition) is 0. The van der Waals surface area contributed by atoms with Crippen molar-refractivity contribution >= 4 is 16.9 Å². The van der Waals surface area contributed by atoms with Crippen LogP contribution in [0, 0.1) is 11.3 Å². The van der Waals surface area contributed by atoms with Gasteiger partial charge in [-0.2, -0.15) is 5.26 Å². The Hall–Kier alpha value is -3.07. The molecule has 6 heteroatoms. The molecule has 0 N–H and O–H groups in total. The molecule has 1 unspecified atom stereocenters. The summed E-state index contributed by atoms with van der Waals surface area (Å²) in [6.45, 7) is 8.00. The summed E-state index contributed by atoms with van der Waals surface area (Å²) in [5.41, 5.74) is 2.75. The number of aryl methyl sites for hydroxylation is 1. The van der Waals surface area contributed by atoms with Gasteiger partial charge in [-0.15, -0.1) is 0 Å². The van der Waals surface area contributed by atoms with Crippen LogP contribution in [-0.4, -0.2) is 25.7 Å². The number of benzene rings is 1. The van der Waals surface area contributed by atoms with E-state index in [4.69, 9.17) is 4.74 Å². The van der Waals surface area contributed by atoms with Crippen LogP contribution in [-0.2, 0) is 23.1 Å². The number of esters is 1. The second kappa shape index (κ2) is 6.92. The van der Waals surface area contributed by atoms with E-state index >= 15 is 0 Å². The van der Waals surface area contributed by atoms with Crippen LogP contribution < -0.4 is 0 Å². The number of rotatable bonds is 4. The fourth-order valence-electron chi connectivity index (χ4n) is 3.11. The standard InChI is InChI=1S/C21H24N4O2/c1-14(20(26)27-21(2,3)4)18-12-25(11-16-10-24(5)13-23-16)19-8-15(9-22)6-7-17(18)19/h6-8,10,12-14H,11H2,1-5H3. The predicted molar refractivity (Wildman–Crippen MR) is 103 cm³/mol. The lowest BCUT2D eigenvalue weighted by Gasteiger charge is -2.22. The summed E-state index contributed by atoms with van der Waals surface area (Å²) >= 11 is 0. The SMILES string of the molecule is CC(C(=O)OC(C)(C)C)c1cn(Cc2cn(C)cn2)c2cc(C#N)ccc12.